The number of fused-ring (bicyclic) bond motifs is 1. The van der Waals surface area contributed by atoms with Crippen LogP contribution in [0.1, 0.15) is 18.4 Å². The quantitative estimate of drug-likeness (QED) is 0.503. The Hall–Kier alpha value is -3.88. The Bertz CT molecular complexity index is 1250. The number of benzene rings is 3. The van der Waals surface area contributed by atoms with E-state index in [4.69, 9.17) is 14.2 Å². The lowest BCUT2D eigenvalue weighted by Crippen LogP contribution is -2.27. The molecule has 0 aromatic heterocycles. The van der Waals surface area contributed by atoms with Crippen LogP contribution in [0, 0.1) is 0 Å². The predicted octanol–water partition coefficient (Wildman–Crippen LogP) is 5.66. The van der Waals surface area contributed by atoms with Crippen LogP contribution in [0.3, 0.4) is 0 Å². The van der Waals surface area contributed by atoms with Gasteiger partial charge in [-0.3, -0.25) is 4.79 Å². The van der Waals surface area contributed by atoms with Crippen molar-refractivity contribution in [2.24, 2.45) is 0 Å². The summed E-state index contributed by atoms with van der Waals surface area (Å²) >= 11 is 0. The molecule has 1 N–H and O–H groups in total. The van der Waals surface area contributed by atoms with Crippen LogP contribution in [0.4, 0.5) is 18.9 Å². The van der Waals surface area contributed by atoms with Crippen molar-refractivity contribution in [3.8, 4) is 34.1 Å². The van der Waals surface area contributed by atoms with E-state index < -0.39 is 17.5 Å². The summed E-state index contributed by atoms with van der Waals surface area (Å²) in [5, 5.41) is 2.86. The fraction of sp³-hybridized carbons (Fsp3) is 0.240. The first-order valence-corrected chi connectivity index (χ1v) is 10.5. The topological polar surface area (TPSA) is 66.0 Å². The lowest BCUT2D eigenvalue weighted by atomic mass is 9.94. The summed E-state index contributed by atoms with van der Waals surface area (Å²) in [4.78, 5) is 13.3. The molecule has 0 bridgehead atoms. The molecule has 1 heterocycles. The van der Waals surface area contributed by atoms with Crippen LogP contribution < -0.4 is 24.3 Å². The van der Waals surface area contributed by atoms with E-state index in [1.165, 1.54) is 25.3 Å². The minimum atomic E-state index is -4.88. The van der Waals surface area contributed by atoms with Crippen molar-refractivity contribution in [2.75, 3.05) is 19.2 Å². The average molecular weight is 471 g/mol. The second kappa shape index (κ2) is 8.16. The maximum absolute atomic E-state index is 13.3. The van der Waals surface area contributed by atoms with Crippen molar-refractivity contribution < 1.29 is 36.9 Å². The van der Waals surface area contributed by atoms with Crippen LogP contribution in [0.15, 0.2) is 60.7 Å². The Kier molecular flexibility index (Phi) is 5.27. The number of alkyl halides is 3. The van der Waals surface area contributed by atoms with E-state index >= 15 is 0 Å². The molecule has 3 aromatic rings. The fourth-order valence-corrected chi connectivity index (χ4v) is 4.12. The Balaban J connectivity index is 1.47. The number of nitrogens with one attached hydrogen (secondary N) is 1. The highest BCUT2D eigenvalue weighted by atomic mass is 19.4. The van der Waals surface area contributed by atoms with Crippen LogP contribution in [0.2, 0.25) is 0 Å². The largest absolute Gasteiger partial charge is 0.573 e. The third-order valence-electron chi connectivity index (χ3n) is 5.97. The van der Waals surface area contributed by atoms with E-state index in [1.54, 1.807) is 36.4 Å². The monoisotopic (exact) mass is 471 g/mol. The molecule has 5 rings (SSSR count). The van der Waals surface area contributed by atoms with Crippen LogP contribution >= 0.6 is 0 Å². The van der Waals surface area contributed by atoms with E-state index in [2.05, 4.69) is 10.1 Å². The van der Waals surface area contributed by atoms with Crippen molar-refractivity contribution in [3.05, 3.63) is 66.2 Å². The van der Waals surface area contributed by atoms with Gasteiger partial charge in [0.05, 0.1) is 12.5 Å². The van der Waals surface area contributed by atoms with Gasteiger partial charge in [0.2, 0.25) is 12.7 Å². The number of rotatable bonds is 6. The minimum absolute atomic E-state index is 0.135. The molecule has 1 saturated carbocycles. The summed E-state index contributed by atoms with van der Waals surface area (Å²) in [5.41, 5.74) is 0.952. The molecule has 176 valence electrons. The predicted molar refractivity (Wildman–Crippen MR) is 117 cm³/mol. The Labute approximate surface area is 193 Å². The standard InChI is InChI=1S/C25H20F3NO5/c1-31-19-5-3-2-4-17(19)18-13-16(7-9-20(18)34-25(26,27)28)29-23(30)24(10-11-24)15-6-8-21-22(12-15)33-14-32-21/h2-9,12-13H,10-11,14H2,1H3,(H,29,30). The summed E-state index contributed by atoms with van der Waals surface area (Å²) in [6.45, 7) is 0.135. The molecule has 1 amide bonds. The molecule has 0 saturated heterocycles. The molecule has 0 spiro atoms. The number of hydrogen-bond acceptors (Lipinski definition) is 5. The SMILES string of the molecule is COc1ccccc1-c1cc(NC(=O)C2(c3ccc4c(c3)OCO4)CC2)ccc1OC(F)(F)F. The van der Waals surface area contributed by atoms with Crippen molar-refractivity contribution in [3.63, 3.8) is 0 Å². The zero-order valence-electron chi connectivity index (χ0n) is 18.1. The third kappa shape index (κ3) is 4.09. The van der Waals surface area contributed by atoms with Gasteiger partial charge in [0.25, 0.3) is 0 Å². The molecular weight excluding hydrogens is 451 g/mol. The maximum Gasteiger partial charge on any atom is 0.573 e. The van der Waals surface area contributed by atoms with Crippen molar-refractivity contribution in [1.29, 1.82) is 0 Å². The number of anilines is 1. The van der Waals surface area contributed by atoms with E-state index in [1.807, 2.05) is 6.07 Å². The highest BCUT2D eigenvalue weighted by molar-refractivity contribution is 6.02. The lowest BCUT2D eigenvalue weighted by Gasteiger charge is -2.19. The second-order valence-corrected chi connectivity index (χ2v) is 8.06. The fourth-order valence-electron chi connectivity index (χ4n) is 4.12. The highest BCUT2D eigenvalue weighted by Crippen LogP contribution is 2.51. The number of amides is 1. The van der Waals surface area contributed by atoms with Crippen LogP contribution in [0.5, 0.6) is 23.0 Å². The maximum atomic E-state index is 13.3. The zero-order valence-corrected chi connectivity index (χ0v) is 18.1. The van der Waals surface area contributed by atoms with Gasteiger partial charge >= 0.3 is 6.36 Å². The molecule has 6 nitrogen and oxygen atoms in total. The minimum Gasteiger partial charge on any atom is -0.496 e. The van der Waals surface area contributed by atoms with Gasteiger partial charge in [-0.05, 0) is 54.8 Å². The molecule has 0 atom stereocenters. The second-order valence-electron chi connectivity index (χ2n) is 8.06. The van der Waals surface area contributed by atoms with E-state index in [0.717, 1.165) is 5.56 Å². The first kappa shape index (κ1) is 21.9. The molecule has 2 aliphatic rings. The number of hydrogen-bond donors (Lipinski definition) is 1. The summed E-state index contributed by atoms with van der Waals surface area (Å²) < 4.78 is 59.4. The Morgan fingerprint density at radius 3 is 2.44 bits per heavy atom. The average Bonchev–Trinajstić information content (AvgIpc) is 3.50. The molecule has 1 fully saturated rings. The van der Waals surface area contributed by atoms with Crippen molar-refractivity contribution >= 4 is 11.6 Å². The highest BCUT2D eigenvalue weighted by Gasteiger charge is 2.51. The molecule has 9 heteroatoms. The lowest BCUT2D eigenvalue weighted by molar-refractivity contribution is -0.274. The van der Waals surface area contributed by atoms with E-state index in [-0.39, 0.29) is 18.3 Å². The van der Waals surface area contributed by atoms with Crippen LogP contribution in [-0.2, 0) is 10.2 Å². The normalized spacial score (nSPS) is 15.5. The summed E-state index contributed by atoms with van der Waals surface area (Å²) in [6.07, 6.45) is -3.58. The molecule has 34 heavy (non-hydrogen) atoms. The summed E-state index contributed by atoms with van der Waals surface area (Å²) in [5.74, 6) is 0.941. The smallest absolute Gasteiger partial charge is 0.496 e. The van der Waals surface area contributed by atoms with Gasteiger partial charge in [-0.25, -0.2) is 0 Å². The van der Waals surface area contributed by atoms with Crippen molar-refractivity contribution in [2.45, 2.75) is 24.6 Å². The van der Waals surface area contributed by atoms with Gasteiger partial charge in [-0.2, -0.15) is 0 Å². The third-order valence-corrected chi connectivity index (χ3v) is 5.97. The number of methoxy groups -OCH3 is 1. The zero-order chi connectivity index (χ0) is 23.9. The van der Waals surface area contributed by atoms with Gasteiger partial charge in [-0.15, -0.1) is 13.2 Å². The number of carbonyl (C=O) groups is 1. The number of ether oxygens (including phenoxy) is 4. The summed E-state index contributed by atoms with van der Waals surface area (Å²) in [7, 11) is 1.43. The van der Waals surface area contributed by atoms with Gasteiger partial charge < -0.3 is 24.3 Å². The molecule has 0 unspecified atom stereocenters. The molecule has 3 aromatic carbocycles. The van der Waals surface area contributed by atoms with Gasteiger partial charge in [0.15, 0.2) is 11.5 Å². The molecular formula is C25H20F3NO5. The van der Waals surface area contributed by atoms with Gasteiger partial charge in [-0.1, -0.05) is 24.3 Å². The van der Waals surface area contributed by atoms with Crippen LogP contribution in [0.25, 0.3) is 11.1 Å². The number of para-hydroxylation sites is 1. The van der Waals surface area contributed by atoms with E-state index in [0.29, 0.717) is 41.3 Å². The number of halogens is 3. The Morgan fingerprint density at radius 1 is 0.941 bits per heavy atom. The van der Waals surface area contributed by atoms with Gasteiger partial charge in [0, 0.05) is 16.8 Å². The molecule has 0 radical (unpaired) electrons. The van der Waals surface area contributed by atoms with Crippen LogP contribution in [-0.4, -0.2) is 26.2 Å². The first-order valence-electron chi connectivity index (χ1n) is 10.5. The Morgan fingerprint density at radius 2 is 1.71 bits per heavy atom. The first-order chi connectivity index (χ1) is 16.3. The number of carbonyl (C=O) groups excluding carboxylic acids is 1. The molecule has 1 aliphatic carbocycles. The van der Waals surface area contributed by atoms with Crippen molar-refractivity contribution in [1.82, 2.24) is 0 Å². The summed E-state index contributed by atoms with van der Waals surface area (Å²) in [6, 6.07) is 16.1. The van der Waals surface area contributed by atoms with E-state index in [9.17, 15) is 18.0 Å². The molecule has 1 aliphatic heterocycles. The van der Waals surface area contributed by atoms with Gasteiger partial charge in [0.1, 0.15) is 11.5 Å².